The first-order valence-corrected chi connectivity index (χ1v) is 7.69. The fourth-order valence-corrected chi connectivity index (χ4v) is 2.50. The Morgan fingerprint density at radius 3 is 2.75 bits per heavy atom. The molecule has 2 N–H and O–H groups in total. The van der Waals surface area contributed by atoms with Crippen LogP contribution >= 0.6 is 0 Å². The molecule has 0 saturated heterocycles. The molecule has 1 aliphatic heterocycles. The molecule has 0 aliphatic carbocycles. The highest BCUT2D eigenvalue weighted by molar-refractivity contribution is 5.95. The number of amides is 2. The number of hydrogen-bond donors (Lipinski definition) is 2. The van der Waals surface area contributed by atoms with Gasteiger partial charge in [-0.15, -0.1) is 0 Å². The third kappa shape index (κ3) is 3.29. The van der Waals surface area contributed by atoms with Crippen molar-refractivity contribution in [3.63, 3.8) is 0 Å². The molecule has 0 unspecified atom stereocenters. The summed E-state index contributed by atoms with van der Waals surface area (Å²) in [6, 6.07) is 3.69. The summed E-state index contributed by atoms with van der Waals surface area (Å²) in [7, 11) is 3.02. The van der Waals surface area contributed by atoms with Gasteiger partial charge in [-0.05, 0) is 31.0 Å². The molecule has 0 radical (unpaired) electrons. The Bertz CT molecular complexity index is 684. The molecule has 1 aliphatic rings. The summed E-state index contributed by atoms with van der Waals surface area (Å²) in [5.74, 6) is -0.228. The molecular formula is C17H22N2O5. The number of ether oxygens (including phenoxy) is 2. The summed E-state index contributed by atoms with van der Waals surface area (Å²) in [6.07, 6.45) is 0.706. The zero-order valence-electron chi connectivity index (χ0n) is 14.3. The molecule has 130 valence electrons. The SMILES string of the molecule is CCCOC(=O)C1=C(C)N(C)C(=O)N[C@@H]1c1ccc(O)c(OC)c1. The number of carbonyl (C=O) groups excluding carboxylic acids is 2. The van der Waals surface area contributed by atoms with Crippen LogP contribution in [-0.2, 0) is 9.53 Å². The van der Waals surface area contributed by atoms with Crippen molar-refractivity contribution >= 4 is 12.0 Å². The average Bonchev–Trinajstić information content (AvgIpc) is 2.57. The van der Waals surface area contributed by atoms with E-state index >= 15 is 0 Å². The third-order valence-corrected chi connectivity index (χ3v) is 3.95. The average molecular weight is 334 g/mol. The number of hydrogen-bond acceptors (Lipinski definition) is 5. The number of nitrogens with one attached hydrogen (secondary N) is 1. The number of urea groups is 1. The van der Waals surface area contributed by atoms with Crippen molar-refractivity contribution in [2.45, 2.75) is 26.3 Å². The van der Waals surface area contributed by atoms with Gasteiger partial charge in [0.1, 0.15) is 0 Å². The van der Waals surface area contributed by atoms with E-state index < -0.39 is 12.0 Å². The van der Waals surface area contributed by atoms with Crippen LogP contribution in [0.1, 0.15) is 31.9 Å². The lowest BCUT2D eigenvalue weighted by Crippen LogP contribution is -2.46. The molecule has 7 heteroatoms. The van der Waals surface area contributed by atoms with Gasteiger partial charge in [-0.3, -0.25) is 0 Å². The van der Waals surface area contributed by atoms with Gasteiger partial charge in [0.15, 0.2) is 11.5 Å². The summed E-state index contributed by atoms with van der Waals surface area (Å²) >= 11 is 0. The summed E-state index contributed by atoms with van der Waals surface area (Å²) in [5.41, 5.74) is 1.50. The smallest absolute Gasteiger partial charge is 0.338 e. The lowest BCUT2D eigenvalue weighted by atomic mass is 9.94. The standard InChI is InChI=1S/C17H22N2O5/c1-5-8-24-16(21)14-10(2)19(3)17(22)18-15(14)11-6-7-12(20)13(9-11)23-4/h6-7,9,15,20H,5,8H2,1-4H3,(H,18,22)/t15-/m1/s1. The Morgan fingerprint density at radius 1 is 1.42 bits per heavy atom. The minimum Gasteiger partial charge on any atom is -0.504 e. The molecule has 1 atom stereocenters. The molecule has 1 aromatic rings. The number of phenols is 1. The number of methoxy groups -OCH3 is 1. The topological polar surface area (TPSA) is 88.1 Å². The molecule has 24 heavy (non-hydrogen) atoms. The van der Waals surface area contributed by atoms with Gasteiger partial charge < -0.3 is 24.8 Å². The first-order valence-electron chi connectivity index (χ1n) is 7.69. The maximum Gasteiger partial charge on any atom is 0.338 e. The highest BCUT2D eigenvalue weighted by Crippen LogP contribution is 2.35. The van der Waals surface area contributed by atoms with E-state index in [9.17, 15) is 14.7 Å². The molecule has 0 spiro atoms. The van der Waals surface area contributed by atoms with E-state index in [2.05, 4.69) is 5.32 Å². The minimum absolute atomic E-state index is 0.0173. The van der Waals surface area contributed by atoms with Crippen molar-refractivity contribution < 1.29 is 24.2 Å². The lowest BCUT2D eigenvalue weighted by Gasteiger charge is -2.33. The van der Waals surface area contributed by atoms with Crippen LogP contribution in [-0.4, -0.2) is 42.8 Å². The largest absolute Gasteiger partial charge is 0.504 e. The first-order chi connectivity index (χ1) is 11.4. The Balaban J connectivity index is 2.48. The predicted octanol–water partition coefficient (Wildman–Crippen LogP) is 2.32. The number of allylic oxidation sites excluding steroid dienone is 1. The molecule has 0 saturated carbocycles. The maximum absolute atomic E-state index is 12.5. The van der Waals surface area contributed by atoms with Gasteiger partial charge in [0.2, 0.25) is 0 Å². The van der Waals surface area contributed by atoms with Crippen LogP contribution in [0.4, 0.5) is 4.79 Å². The zero-order chi connectivity index (χ0) is 17.9. The van der Waals surface area contributed by atoms with Crippen LogP contribution in [0, 0.1) is 0 Å². The second-order valence-electron chi connectivity index (χ2n) is 5.51. The molecule has 7 nitrogen and oxygen atoms in total. The zero-order valence-corrected chi connectivity index (χ0v) is 14.3. The number of esters is 1. The Kier molecular flexibility index (Phi) is 5.33. The fourth-order valence-electron chi connectivity index (χ4n) is 2.50. The normalized spacial score (nSPS) is 17.6. The third-order valence-electron chi connectivity index (χ3n) is 3.95. The Hall–Kier alpha value is -2.70. The summed E-state index contributed by atoms with van der Waals surface area (Å²) in [5, 5.41) is 12.5. The maximum atomic E-state index is 12.5. The monoisotopic (exact) mass is 334 g/mol. The van der Waals surface area contributed by atoms with Crippen LogP contribution in [0.25, 0.3) is 0 Å². The van der Waals surface area contributed by atoms with E-state index in [0.29, 0.717) is 29.9 Å². The van der Waals surface area contributed by atoms with Crippen LogP contribution in [0.3, 0.4) is 0 Å². The molecular weight excluding hydrogens is 312 g/mol. The number of nitrogens with zero attached hydrogens (tertiary/aromatic N) is 1. The predicted molar refractivity (Wildman–Crippen MR) is 87.6 cm³/mol. The highest BCUT2D eigenvalue weighted by atomic mass is 16.5. The van der Waals surface area contributed by atoms with Gasteiger partial charge in [-0.2, -0.15) is 0 Å². The van der Waals surface area contributed by atoms with Crippen LogP contribution in [0.2, 0.25) is 0 Å². The minimum atomic E-state index is -0.674. The molecule has 0 fully saturated rings. The van der Waals surface area contributed by atoms with Crippen molar-refractivity contribution in [3.8, 4) is 11.5 Å². The van der Waals surface area contributed by atoms with Crippen molar-refractivity contribution in [2.75, 3.05) is 20.8 Å². The van der Waals surface area contributed by atoms with Gasteiger partial charge in [0.25, 0.3) is 0 Å². The van der Waals surface area contributed by atoms with Crippen molar-refractivity contribution in [1.29, 1.82) is 0 Å². The molecule has 0 bridgehead atoms. The fraction of sp³-hybridized carbons (Fsp3) is 0.412. The van der Waals surface area contributed by atoms with E-state index in [-0.39, 0.29) is 17.5 Å². The van der Waals surface area contributed by atoms with Crippen LogP contribution < -0.4 is 10.1 Å². The Morgan fingerprint density at radius 2 is 2.12 bits per heavy atom. The summed E-state index contributed by atoms with van der Waals surface area (Å²) in [4.78, 5) is 26.0. The van der Waals surface area contributed by atoms with Crippen LogP contribution in [0.5, 0.6) is 11.5 Å². The van der Waals surface area contributed by atoms with Gasteiger partial charge in [-0.1, -0.05) is 13.0 Å². The summed E-state index contributed by atoms with van der Waals surface area (Å²) < 4.78 is 10.4. The van der Waals surface area contributed by atoms with Crippen molar-refractivity contribution in [3.05, 3.63) is 35.0 Å². The molecule has 2 rings (SSSR count). The van der Waals surface area contributed by atoms with Gasteiger partial charge in [0.05, 0.1) is 25.3 Å². The quantitative estimate of drug-likeness (QED) is 0.807. The van der Waals surface area contributed by atoms with E-state index in [1.54, 1.807) is 26.1 Å². The number of aromatic hydroxyl groups is 1. The summed E-state index contributed by atoms with van der Waals surface area (Å²) in [6.45, 7) is 3.91. The van der Waals surface area contributed by atoms with Crippen LogP contribution in [0.15, 0.2) is 29.5 Å². The molecule has 1 aromatic carbocycles. The first kappa shape index (κ1) is 17.7. The highest BCUT2D eigenvalue weighted by Gasteiger charge is 2.35. The van der Waals surface area contributed by atoms with Gasteiger partial charge in [0, 0.05) is 12.7 Å². The van der Waals surface area contributed by atoms with E-state index in [4.69, 9.17) is 9.47 Å². The number of benzene rings is 1. The number of carbonyl (C=O) groups is 2. The molecule has 1 heterocycles. The number of phenolic OH excluding ortho intramolecular Hbond substituents is 1. The molecule has 0 aromatic heterocycles. The van der Waals surface area contributed by atoms with E-state index in [1.165, 1.54) is 18.1 Å². The van der Waals surface area contributed by atoms with Gasteiger partial charge in [-0.25, -0.2) is 9.59 Å². The van der Waals surface area contributed by atoms with Gasteiger partial charge >= 0.3 is 12.0 Å². The van der Waals surface area contributed by atoms with E-state index in [1.807, 2.05) is 6.92 Å². The Labute approximate surface area is 140 Å². The second kappa shape index (κ2) is 7.25. The molecule has 2 amide bonds. The van der Waals surface area contributed by atoms with Crippen molar-refractivity contribution in [1.82, 2.24) is 10.2 Å². The lowest BCUT2D eigenvalue weighted by molar-refractivity contribution is -0.139. The second-order valence-corrected chi connectivity index (χ2v) is 5.51. The number of rotatable bonds is 5. The van der Waals surface area contributed by atoms with E-state index in [0.717, 1.165) is 0 Å². The van der Waals surface area contributed by atoms with Crippen molar-refractivity contribution in [2.24, 2.45) is 0 Å².